The molecule has 0 spiro atoms. The number of Topliss-reactive ketones (excluding diaryl/α,β-unsaturated/α-hetero) is 1. The van der Waals surface area contributed by atoms with Crippen molar-refractivity contribution >= 4 is 46.9 Å². The molecule has 2 amide bonds. The number of halogens is 2. The molecular formula is C21H18Cl2N2O4. The summed E-state index contributed by atoms with van der Waals surface area (Å²) < 4.78 is 5.31. The molecule has 1 aliphatic rings. The summed E-state index contributed by atoms with van der Waals surface area (Å²) in [7, 11) is 1.51. The van der Waals surface area contributed by atoms with E-state index in [1.165, 1.54) is 13.3 Å². The molecule has 1 aromatic heterocycles. The molecule has 1 fully saturated rings. The Balaban J connectivity index is 1.89. The molecule has 0 N–H and O–H groups in total. The van der Waals surface area contributed by atoms with Crippen molar-refractivity contribution in [2.75, 3.05) is 13.7 Å². The highest BCUT2D eigenvalue weighted by molar-refractivity contribution is 6.31. The summed E-state index contributed by atoms with van der Waals surface area (Å²) in [5.41, 5.74) is 1.41. The summed E-state index contributed by atoms with van der Waals surface area (Å²) in [5.74, 6) is -0.647. The van der Waals surface area contributed by atoms with Gasteiger partial charge in [-0.15, -0.1) is 0 Å². The zero-order valence-electron chi connectivity index (χ0n) is 15.7. The standard InChI is InChI=1S/C21H18Cl2N2O4/c1-29-19-7-4-15(22)9-14(19)8-13-2-6-18(26)12-25(21(13)28)20(27)10-17-5-3-16(23)11-24-17/h3-5,7-9,11H,2,6,10,12H2,1H3/b13-8+. The Morgan fingerprint density at radius 1 is 1.17 bits per heavy atom. The quantitative estimate of drug-likeness (QED) is 0.687. The smallest absolute Gasteiger partial charge is 0.256 e. The number of aromatic nitrogens is 1. The number of likely N-dealkylation sites (tertiary alicyclic amines) is 1. The maximum atomic E-state index is 13.0. The molecule has 1 aliphatic heterocycles. The second kappa shape index (κ2) is 9.20. The number of carbonyl (C=O) groups is 3. The number of amides is 2. The molecule has 29 heavy (non-hydrogen) atoms. The number of carbonyl (C=O) groups excluding carboxylic acids is 3. The van der Waals surface area contributed by atoms with Gasteiger partial charge < -0.3 is 4.74 Å². The van der Waals surface area contributed by atoms with Crippen molar-refractivity contribution in [1.29, 1.82) is 0 Å². The number of hydrogen-bond acceptors (Lipinski definition) is 5. The van der Waals surface area contributed by atoms with Crippen LogP contribution in [0.25, 0.3) is 6.08 Å². The van der Waals surface area contributed by atoms with Crippen LogP contribution in [-0.4, -0.2) is 41.1 Å². The number of methoxy groups -OCH3 is 1. The van der Waals surface area contributed by atoms with Crippen LogP contribution in [0.2, 0.25) is 10.0 Å². The lowest BCUT2D eigenvalue weighted by atomic mass is 10.0. The first-order chi connectivity index (χ1) is 13.9. The number of ether oxygens (including phenoxy) is 1. The first-order valence-electron chi connectivity index (χ1n) is 8.88. The van der Waals surface area contributed by atoms with Gasteiger partial charge in [-0.1, -0.05) is 23.2 Å². The van der Waals surface area contributed by atoms with E-state index in [1.807, 2.05) is 0 Å². The van der Waals surface area contributed by atoms with Crippen molar-refractivity contribution in [1.82, 2.24) is 9.88 Å². The van der Waals surface area contributed by atoms with Crippen LogP contribution < -0.4 is 4.74 Å². The van der Waals surface area contributed by atoms with Gasteiger partial charge in [-0.05, 0) is 42.8 Å². The molecule has 2 aromatic rings. The molecule has 8 heteroatoms. The van der Waals surface area contributed by atoms with Gasteiger partial charge in [0.1, 0.15) is 5.75 Å². The number of ketones is 1. The third-order valence-corrected chi connectivity index (χ3v) is 4.93. The van der Waals surface area contributed by atoms with Gasteiger partial charge in [-0.25, -0.2) is 0 Å². The Hall–Kier alpha value is -2.70. The molecule has 1 saturated heterocycles. The number of hydrogen-bond donors (Lipinski definition) is 0. The molecule has 0 unspecified atom stereocenters. The zero-order valence-corrected chi connectivity index (χ0v) is 17.2. The third kappa shape index (κ3) is 5.22. The summed E-state index contributed by atoms with van der Waals surface area (Å²) in [4.78, 5) is 43.0. The van der Waals surface area contributed by atoms with E-state index in [1.54, 1.807) is 36.4 Å². The van der Waals surface area contributed by atoms with Crippen LogP contribution in [0, 0.1) is 0 Å². The molecule has 6 nitrogen and oxygen atoms in total. The van der Waals surface area contributed by atoms with Crippen molar-refractivity contribution < 1.29 is 19.1 Å². The summed E-state index contributed by atoms with van der Waals surface area (Å²) in [6.45, 7) is -0.255. The molecule has 0 bridgehead atoms. The Labute approximate surface area is 178 Å². The fourth-order valence-electron chi connectivity index (χ4n) is 2.98. The van der Waals surface area contributed by atoms with Gasteiger partial charge in [0.2, 0.25) is 5.91 Å². The van der Waals surface area contributed by atoms with Gasteiger partial charge in [-0.2, -0.15) is 0 Å². The third-order valence-electron chi connectivity index (χ3n) is 4.47. The van der Waals surface area contributed by atoms with Crippen molar-refractivity contribution in [3.8, 4) is 5.75 Å². The predicted molar refractivity (Wildman–Crippen MR) is 110 cm³/mol. The SMILES string of the molecule is COc1ccc(Cl)cc1/C=C1\CCC(=O)CN(C(=O)Cc2ccc(Cl)cn2)C1=O. The highest BCUT2D eigenvalue weighted by Crippen LogP contribution is 2.27. The number of benzene rings is 1. The van der Waals surface area contributed by atoms with E-state index >= 15 is 0 Å². The number of nitrogens with zero attached hydrogens (tertiary/aromatic N) is 2. The Morgan fingerprint density at radius 3 is 2.62 bits per heavy atom. The van der Waals surface area contributed by atoms with Crippen molar-refractivity contribution in [3.63, 3.8) is 0 Å². The first-order valence-corrected chi connectivity index (χ1v) is 9.64. The van der Waals surface area contributed by atoms with E-state index in [9.17, 15) is 14.4 Å². The molecular weight excluding hydrogens is 415 g/mol. The molecule has 0 aliphatic carbocycles. The van der Waals surface area contributed by atoms with Crippen LogP contribution in [0.15, 0.2) is 42.1 Å². The fourth-order valence-corrected chi connectivity index (χ4v) is 3.28. The largest absolute Gasteiger partial charge is 0.496 e. The number of rotatable bonds is 4. The molecule has 1 aromatic carbocycles. The average molecular weight is 433 g/mol. The summed E-state index contributed by atoms with van der Waals surface area (Å²) in [5, 5.41) is 0.930. The van der Waals surface area contributed by atoms with Gasteiger partial charge in [0.25, 0.3) is 5.91 Å². The van der Waals surface area contributed by atoms with Crippen molar-refractivity contribution in [2.45, 2.75) is 19.3 Å². The minimum Gasteiger partial charge on any atom is -0.496 e. The second-order valence-electron chi connectivity index (χ2n) is 6.52. The molecule has 0 radical (unpaired) electrons. The lowest BCUT2D eigenvalue weighted by Crippen LogP contribution is -2.40. The summed E-state index contributed by atoms with van der Waals surface area (Å²) >= 11 is 11.9. The summed E-state index contributed by atoms with van der Waals surface area (Å²) in [6, 6.07) is 8.25. The highest BCUT2D eigenvalue weighted by atomic mass is 35.5. The molecule has 2 heterocycles. The lowest BCUT2D eigenvalue weighted by molar-refractivity contribution is -0.144. The van der Waals surface area contributed by atoms with E-state index in [0.717, 1.165) is 4.90 Å². The molecule has 3 rings (SSSR count). The van der Waals surface area contributed by atoms with E-state index in [4.69, 9.17) is 27.9 Å². The van der Waals surface area contributed by atoms with Crippen molar-refractivity contribution in [3.05, 3.63) is 63.4 Å². The first kappa shape index (κ1) is 21.0. The Bertz CT molecular complexity index is 987. The van der Waals surface area contributed by atoms with E-state index in [0.29, 0.717) is 32.6 Å². The Morgan fingerprint density at radius 2 is 1.93 bits per heavy atom. The minimum atomic E-state index is -0.503. The fraction of sp³-hybridized carbons (Fsp3) is 0.238. The van der Waals surface area contributed by atoms with Crippen molar-refractivity contribution in [2.24, 2.45) is 0 Å². The molecule has 0 atom stereocenters. The van der Waals surface area contributed by atoms with Crippen LogP contribution in [0.4, 0.5) is 0 Å². The summed E-state index contributed by atoms with van der Waals surface area (Å²) in [6.07, 6.45) is 3.34. The Kier molecular flexibility index (Phi) is 6.67. The van der Waals surface area contributed by atoms with Gasteiger partial charge in [-0.3, -0.25) is 24.3 Å². The van der Waals surface area contributed by atoms with Gasteiger partial charge in [0, 0.05) is 34.5 Å². The maximum Gasteiger partial charge on any atom is 0.256 e. The van der Waals surface area contributed by atoms with Gasteiger partial charge >= 0.3 is 0 Å². The van der Waals surface area contributed by atoms with Gasteiger partial charge in [0.05, 0.1) is 25.1 Å². The molecule has 150 valence electrons. The van der Waals surface area contributed by atoms with Crippen LogP contribution in [0.3, 0.4) is 0 Å². The normalized spacial score (nSPS) is 16.1. The van der Waals surface area contributed by atoms with E-state index < -0.39 is 11.8 Å². The van der Waals surface area contributed by atoms with E-state index in [-0.39, 0.29) is 31.6 Å². The monoisotopic (exact) mass is 432 g/mol. The predicted octanol–water partition coefficient (Wildman–Crippen LogP) is 3.74. The van der Waals surface area contributed by atoms with E-state index in [2.05, 4.69) is 4.98 Å². The van der Waals surface area contributed by atoms with Crippen LogP contribution in [-0.2, 0) is 20.8 Å². The van der Waals surface area contributed by atoms with Crippen LogP contribution in [0.5, 0.6) is 5.75 Å². The van der Waals surface area contributed by atoms with Gasteiger partial charge in [0.15, 0.2) is 5.78 Å². The topological polar surface area (TPSA) is 76.6 Å². The number of pyridine rings is 1. The highest BCUT2D eigenvalue weighted by Gasteiger charge is 2.30. The zero-order chi connectivity index (χ0) is 21.0. The molecule has 0 saturated carbocycles. The van der Waals surface area contributed by atoms with Crippen LogP contribution >= 0.6 is 23.2 Å². The number of imide groups is 1. The maximum absolute atomic E-state index is 13.0. The second-order valence-corrected chi connectivity index (χ2v) is 7.40. The van der Waals surface area contributed by atoms with Crippen LogP contribution in [0.1, 0.15) is 24.1 Å². The minimum absolute atomic E-state index is 0.107. The average Bonchev–Trinajstić information content (AvgIpc) is 2.83. The lowest BCUT2D eigenvalue weighted by Gasteiger charge is -2.18.